The maximum atomic E-state index is 12.7. The van der Waals surface area contributed by atoms with Gasteiger partial charge < -0.3 is 14.5 Å². The van der Waals surface area contributed by atoms with Crippen molar-refractivity contribution >= 4 is 5.91 Å². The highest BCUT2D eigenvalue weighted by Crippen LogP contribution is 2.41. The molecule has 2 aromatic carbocycles. The van der Waals surface area contributed by atoms with E-state index in [1.807, 2.05) is 12.1 Å². The zero-order valence-corrected chi connectivity index (χ0v) is 20.9. The molecule has 0 fully saturated rings. The zero-order valence-electron chi connectivity index (χ0n) is 20.9. The molecule has 0 atom stereocenters. The number of carbonyl (C=O) groups is 1. The Balaban J connectivity index is 1.50. The number of hydrogen-bond donors (Lipinski definition) is 1. The summed E-state index contributed by atoms with van der Waals surface area (Å²) in [4.78, 5) is 12.7. The lowest BCUT2D eigenvalue weighted by molar-refractivity contribution is 0.0833. The van der Waals surface area contributed by atoms with E-state index >= 15 is 0 Å². The molecule has 4 nitrogen and oxygen atoms in total. The summed E-state index contributed by atoms with van der Waals surface area (Å²) in [6.07, 6.45) is 2.69. The number of carbonyl (C=O) groups excluding carboxylic acids is 1. The number of aryl methyl sites for hydroxylation is 2. The van der Waals surface area contributed by atoms with Crippen molar-refractivity contribution in [3.63, 3.8) is 0 Å². The number of nitrogens with one attached hydrogen (secondary N) is 1. The smallest absolute Gasteiger partial charge is 0.287 e. The van der Waals surface area contributed by atoms with Crippen molar-refractivity contribution in [1.29, 1.82) is 0 Å². The van der Waals surface area contributed by atoms with Gasteiger partial charge in [-0.25, -0.2) is 0 Å². The van der Waals surface area contributed by atoms with Crippen molar-refractivity contribution in [2.24, 2.45) is 0 Å². The van der Waals surface area contributed by atoms with Gasteiger partial charge in [0.05, 0.1) is 0 Å². The molecular formula is C29H35NO3. The van der Waals surface area contributed by atoms with E-state index in [4.69, 9.17) is 9.15 Å². The minimum absolute atomic E-state index is 0.126. The average Bonchev–Trinajstić information content (AvgIpc) is 3.24. The Morgan fingerprint density at radius 2 is 1.73 bits per heavy atom. The molecule has 0 aliphatic carbocycles. The average molecular weight is 446 g/mol. The predicted octanol–water partition coefficient (Wildman–Crippen LogP) is 6.45. The fraction of sp³-hybridized carbons (Fsp3) is 0.414. The third-order valence-corrected chi connectivity index (χ3v) is 7.15. The maximum absolute atomic E-state index is 12.7. The standard InChI is InChI=1S/C29H35NO3/c1-17-8-9-22(14-18(17)2)16-30-28(31)26-11-10-23(32-26)15-25-19(3)20(4)27-24(21(25)5)12-13-29(6,7)33-27/h8-11,14H,12-13,15-16H2,1-7H3,(H,30,31). The van der Waals surface area contributed by atoms with E-state index in [0.717, 1.165) is 29.9 Å². The van der Waals surface area contributed by atoms with Crippen LogP contribution in [0.4, 0.5) is 0 Å². The van der Waals surface area contributed by atoms with Crippen molar-refractivity contribution < 1.29 is 13.9 Å². The lowest BCUT2D eigenvalue weighted by Gasteiger charge is -2.35. The molecule has 1 N–H and O–H groups in total. The van der Waals surface area contributed by atoms with Crippen LogP contribution in [0.3, 0.4) is 0 Å². The summed E-state index contributed by atoms with van der Waals surface area (Å²) >= 11 is 0. The fourth-order valence-electron chi connectivity index (χ4n) is 4.67. The number of amides is 1. The third-order valence-electron chi connectivity index (χ3n) is 7.15. The fourth-order valence-corrected chi connectivity index (χ4v) is 4.67. The molecule has 4 rings (SSSR count). The van der Waals surface area contributed by atoms with Crippen LogP contribution in [0.25, 0.3) is 0 Å². The number of furan rings is 1. The van der Waals surface area contributed by atoms with Crippen LogP contribution in [0.1, 0.15) is 81.1 Å². The van der Waals surface area contributed by atoms with Crippen LogP contribution in [0.15, 0.2) is 34.7 Å². The van der Waals surface area contributed by atoms with Gasteiger partial charge >= 0.3 is 0 Å². The summed E-state index contributed by atoms with van der Waals surface area (Å²) in [5.74, 6) is 2.01. The highest BCUT2D eigenvalue weighted by Gasteiger charge is 2.30. The molecule has 1 amide bonds. The van der Waals surface area contributed by atoms with Crippen molar-refractivity contribution in [2.45, 2.75) is 79.9 Å². The van der Waals surface area contributed by atoms with Gasteiger partial charge in [-0.05, 0) is 118 Å². The third kappa shape index (κ3) is 4.71. The van der Waals surface area contributed by atoms with Crippen molar-refractivity contribution in [3.8, 4) is 5.75 Å². The topological polar surface area (TPSA) is 51.5 Å². The molecule has 0 spiro atoms. The molecule has 0 saturated carbocycles. The van der Waals surface area contributed by atoms with Gasteiger partial charge in [-0.15, -0.1) is 0 Å². The summed E-state index contributed by atoms with van der Waals surface area (Å²) in [5.41, 5.74) is 9.73. The molecule has 0 bridgehead atoms. The van der Waals surface area contributed by atoms with E-state index in [1.54, 1.807) is 6.07 Å². The first-order valence-electron chi connectivity index (χ1n) is 11.8. The Hall–Kier alpha value is -3.01. The van der Waals surface area contributed by atoms with E-state index in [0.29, 0.717) is 18.7 Å². The molecule has 2 heterocycles. The van der Waals surface area contributed by atoms with Crippen molar-refractivity contribution in [1.82, 2.24) is 5.32 Å². The second kappa shape index (κ2) is 8.74. The molecule has 1 aromatic heterocycles. The van der Waals surface area contributed by atoms with E-state index in [-0.39, 0.29) is 11.5 Å². The van der Waals surface area contributed by atoms with Gasteiger partial charge in [0, 0.05) is 13.0 Å². The molecule has 0 saturated heterocycles. The summed E-state index contributed by atoms with van der Waals surface area (Å²) in [6, 6.07) is 9.92. The first kappa shape index (κ1) is 23.2. The molecule has 33 heavy (non-hydrogen) atoms. The Kier molecular flexibility index (Phi) is 6.13. The van der Waals surface area contributed by atoms with E-state index in [2.05, 4.69) is 65.9 Å². The van der Waals surface area contributed by atoms with Crippen molar-refractivity contribution in [3.05, 3.63) is 86.4 Å². The van der Waals surface area contributed by atoms with Crippen molar-refractivity contribution in [2.75, 3.05) is 0 Å². The van der Waals surface area contributed by atoms with Gasteiger partial charge in [0.25, 0.3) is 5.91 Å². The van der Waals surface area contributed by atoms with Gasteiger partial charge in [0.1, 0.15) is 17.1 Å². The molecule has 3 aromatic rings. The second-order valence-electron chi connectivity index (χ2n) is 10.1. The molecule has 4 heteroatoms. The zero-order chi connectivity index (χ0) is 23.9. The molecular weight excluding hydrogens is 410 g/mol. The van der Waals surface area contributed by atoms with E-state index in [1.165, 1.54) is 38.9 Å². The quantitative estimate of drug-likeness (QED) is 0.491. The first-order chi connectivity index (χ1) is 15.6. The second-order valence-corrected chi connectivity index (χ2v) is 10.1. The monoisotopic (exact) mass is 445 g/mol. The number of ether oxygens (including phenoxy) is 1. The Morgan fingerprint density at radius 1 is 0.970 bits per heavy atom. The highest BCUT2D eigenvalue weighted by molar-refractivity contribution is 5.91. The molecule has 1 aliphatic rings. The van der Waals surface area contributed by atoms with Crippen LogP contribution in [0.2, 0.25) is 0 Å². The van der Waals surface area contributed by atoms with E-state index < -0.39 is 0 Å². The van der Waals surface area contributed by atoms with E-state index in [9.17, 15) is 4.79 Å². The highest BCUT2D eigenvalue weighted by atomic mass is 16.5. The van der Waals surface area contributed by atoms with Crippen LogP contribution in [0.5, 0.6) is 5.75 Å². The number of hydrogen-bond acceptors (Lipinski definition) is 3. The maximum Gasteiger partial charge on any atom is 0.287 e. The van der Waals surface area contributed by atoms with Gasteiger partial charge in [0.15, 0.2) is 5.76 Å². The Labute approximate surface area is 197 Å². The minimum atomic E-state index is -0.190. The summed E-state index contributed by atoms with van der Waals surface area (Å²) in [6.45, 7) is 15.4. The normalized spacial score (nSPS) is 14.5. The lowest BCUT2D eigenvalue weighted by Crippen LogP contribution is -2.33. The summed E-state index contributed by atoms with van der Waals surface area (Å²) in [5, 5.41) is 2.97. The Morgan fingerprint density at radius 3 is 2.45 bits per heavy atom. The van der Waals surface area contributed by atoms with Crippen LogP contribution < -0.4 is 10.1 Å². The first-order valence-corrected chi connectivity index (χ1v) is 11.8. The largest absolute Gasteiger partial charge is 0.487 e. The molecule has 0 unspecified atom stereocenters. The van der Waals surface area contributed by atoms with Gasteiger partial charge in [-0.2, -0.15) is 0 Å². The van der Waals surface area contributed by atoms with Gasteiger partial charge in [-0.3, -0.25) is 4.79 Å². The summed E-state index contributed by atoms with van der Waals surface area (Å²) < 4.78 is 12.3. The molecule has 174 valence electrons. The van der Waals surface area contributed by atoms with Crippen LogP contribution in [-0.2, 0) is 19.4 Å². The van der Waals surface area contributed by atoms with Crippen LogP contribution >= 0.6 is 0 Å². The van der Waals surface area contributed by atoms with Crippen LogP contribution in [-0.4, -0.2) is 11.5 Å². The predicted molar refractivity (Wildman–Crippen MR) is 132 cm³/mol. The number of benzene rings is 2. The molecule has 1 aliphatic heterocycles. The lowest BCUT2D eigenvalue weighted by atomic mass is 9.84. The number of rotatable bonds is 5. The van der Waals surface area contributed by atoms with Gasteiger partial charge in [0.2, 0.25) is 0 Å². The summed E-state index contributed by atoms with van der Waals surface area (Å²) in [7, 11) is 0. The SMILES string of the molecule is Cc1ccc(CNC(=O)c2ccc(Cc3c(C)c(C)c4c(c3C)CCC(C)(C)O4)o2)cc1C. The Bertz CT molecular complexity index is 1220. The van der Waals surface area contributed by atoms with Gasteiger partial charge in [-0.1, -0.05) is 18.2 Å². The molecule has 0 radical (unpaired) electrons. The van der Waals surface area contributed by atoms with Crippen LogP contribution in [0, 0.1) is 34.6 Å². The number of fused-ring (bicyclic) bond motifs is 1. The minimum Gasteiger partial charge on any atom is -0.487 e.